The number of hydrogen-bond donors (Lipinski definition) is 0. The van der Waals surface area contributed by atoms with Crippen molar-refractivity contribution in [2.24, 2.45) is 0 Å². The average molecular weight is 1130 g/mol. The van der Waals surface area contributed by atoms with E-state index in [1.165, 1.54) is 167 Å². The molecule has 0 radical (unpaired) electrons. The van der Waals surface area contributed by atoms with Crippen molar-refractivity contribution in [1.82, 2.24) is 0 Å². The summed E-state index contributed by atoms with van der Waals surface area (Å²) in [4.78, 5) is 38.4. The van der Waals surface area contributed by atoms with E-state index in [9.17, 15) is 14.4 Å². The lowest BCUT2D eigenvalue weighted by molar-refractivity contribution is -0.167. The minimum atomic E-state index is -0.796. The highest BCUT2D eigenvalue weighted by Gasteiger charge is 2.19. The maximum absolute atomic E-state index is 12.9. The molecule has 0 saturated carbocycles. The van der Waals surface area contributed by atoms with Gasteiger partial charge in [0.15, 0.2) is 6.10 Å². The number of ether oxygens (including phenoxy) is 3. The van der Waals surface area contributed by atoms with Crippen molar-refractivity contribution in [3.8, 4) is 0 Å². The molecule has 81 heavy (non-hydrogen) atoms. The van der Waals surface area contributed by atoms with Crippen molar-refractivity contribution < 1.29 is 28.6 Å². The molecule has 0 bridgehead atoms. The number of unbranched alkanes of at least 4 members (excludes halogenated alkanes) is 33. The molecule has 0 N–H and O–H groups in total. The summed E-state index contributed by atoms with van der Waals surface area (Å²) in [5.74, 6) is -0.915. The fourth-order valence-corrected chi connectivity index (χ4v) is 9.66. The van der Waals surface area contributed by atoms with Crippen LogP contribution in [0.1, 0.15) is 329 Å². The largest absolute Gasteiger partial charge is 0.462 e. The van der Waals surface area contributed by atoms with E-state index in [-0.39, 0.29) is 31.1 Å². The van der Waals surface area contributed by atoms with Crippen LogP contribution in [0.4, 0.5) is 0 Å². The minimum Gasteiger partial charge on any atom is -0.462 e. The van der Waals surface area contributed by atoms with Gasteiger partial charge in [-0.3, -0.25) is 14.4 Å². The monoisotopic (exact) mass is 1120 g/mol. The van der Waals surface area contributed by atoms with Gasteiger partial charge in [0.2, 0.25) is 0 Å². The van der Waals surface area contributed by atoms with Crippen LogP contribution >= 0.6 is 0 Å². The first-order chi connectivity index (χ1) is 40.0. The second kappa shape index (κ2) is 68.6. The highest BCUT2D eigenvalue weighted by atomic mass is 16.6. The Morgan fingerprint density at radius 2 is 0.481 bits per heavy atom. The van der Waals surface area contributed by atoms with Gasteiger partial charge in [-0.1, -0.05) is 297 Å². The van der Waals surface area contributed by atoms with Crippen LogP contribution in [0.25, 0.3) is 0 Å². The van der Waals surface area contributed by atoms with Crippen LogP contribution in [0.2, 0.25) is 0 Å². The molecule has 1 unspecified atom stereocenters. The molecule has 0 aliphatic carbocycles. The van der Waals surface area contributed by atoms with Gasteiger partial charge in [-0.05, 0) is 122 Å². The van der Waals surface area contributed by atoms with E-state index in [0.29, 0.717) is 19.3 Å². The first-order valence-corrected chi connectivity index (χ1v) is 34.4. The Kier molecular flexibility index (Phi) is 65.2. The van der Waals surface area contributed by atoms with E-state index in [2.05, 4.69) is 130 Å². The van der Waals surface area contributed by atoms with E-state index in [4.69, 9.17) is 14.2 Å². The predicted molar refractivity (Wildman–Crippen MR) is 353 cm³/mol. The average Bonchev–Trinajstić information content (AvgIpc) is 3.46. The standard InChI is InChI=1S/C75H128O6/c1-4-7-10-13-16-19-22-25-27-29-31-33-35-37-39-41-43-45-47-50-53-56-59-62-65-68-74(77)80-71-72(70-79-73(76)67-64-61-58-55-52-49-24-21-18-15-12-9-6-3)81-75(78)69-66-63-60-57-54-51-48-46-44-42-40-38-36-34-32-30-28-26-23-20-17-14-11-8-5-2/h7,9-10,12,16,18-19,21,25,27,30-33,37,39,49,52,72H,4-6,8,11,13-15,17,20,22-24,26,28-29,34-36,38,40-48,50-51,53-71H2,1-3H3/b10-7-,12-9-,19-16-,21-18-,27-25-,32-30-,33-31-,39-37-,52-49-. The fraction of sp³-hybridized carbons (Fsp3) is 0.720. The molecular weight excluding hydrogens is 997 g/mol. The zero-order chi connectivity index (χ0) is 58.5. The third-order valence-corrected chi connectivity index (χ3v) is 14.7. The van der Waals surface area contributed by atoms with E-state index < -0.39 is 6.10 Å². The minimum absolute atomic E-state index is 0.0903. The summed E-state index contributed by atoms with van der Waals surface area (Å²) in [5.41, 5.74) is 0. The topological polar surface area (TPSA) is 78.9 Å². The molecule has 0 aromatic carbocycles. The molecule has 0 aromatic heterocycles. The highest BCUT2D eigenvalue weighted by molar-refractivity contribution is 5.71. The van der Waals surface area contributed by atoms with Gasteiger partial charge in [0, 0.05) is 19.3 Å². The second-order valence-electron chi connectivity index (χ2n) is 22.7. The van der Waals surface area contributed by atoms with Gasteiger partial charge in [0.25, 0.3) is 0 Å². The maximum atomic E-state index is 12.9. The summed E-state index contributed by atoms with van der Waals surface area (Å²) in [6.45, 7) is 6.41. The van der Waals surface area contributed by atoms with Crippen molar-refractivity contribution in [2.45, 2.75) is 335 Å². The van der Waals surface area contributed by atoms with Gasteiger partial charge in [0.1, 0.15) is 13.2 Å². The van der Waals surface area contributed by atoms with Crippen molar-refractivity contribution >= 4 is 17.9 Å². The normalized spacial score (nSPS) is 12.8. The smallest absolute Gasteiger partial charge is 0.306 e. The van der Waals surface area contributed by atoms with Crippen molar-refractivity contribution in [3.05, 3.63) is 109 Å². The second-order valence-corrected chi connectivity index (χ2v) is 22.7. The Morgan fingerprint density at radius 1 is 0.259 bits per heavy atom. The molecule has 0 rings (SSSR count). The van der Waals surface area contributed by atoms with Gasteiger partial charge < -0.3 is 14.2 Å². The molecule has 0 aliphatic heterocycles. The van der Waals surface area contributed by atoms with E-state index in [1.54, 1.807) is 0 Å². The fourth-order valence-electron chi connectivity index (χ4n) is 9.66. The molecule has 0 fully saturated rings. The summed E-state index contributed by atoms with van der Waals surface area (Å²) in [6, 6.07) is 0. The molecular formula is C75H128O6. The van der Waals surface area contributed by atoms with Crippen molar-refractivity contribution in [1.29, 1.82) is 0 Å². The van der Waals surface area contributed by atoms with Crippen molar-refractivity contribution in [3.63, 3.8) is 0 Å². The van der Waals surface area contributed by atoms with Gasteiger partial charge >= 0.3 is 17.9 Å². The lowest BCUT2D eigenvalue weighted by Gasteiger charge is -2.18. The first kappa shape index (κ1) is 77.1. The Labute approximate surface area is 501 Å². The zero-order valence-corrected chi connectivity index (χ0v) is 53.3. The first-order valence-electron chi connectivity index (χ1n) is 34.4. The van der Waals surface area contributed by atoms with Crippen LogP contribution in [0.5, 0.6) is 0 Å². The Balaban J connectivity index is 4.31. The van der Waals surface area contributed by atoms with E-state index >= 15 is 0 Å². The summed E-state index contributed by atoms with van der Waals surface area (Å²) >= 11 is 0. The molecule has 0 saturated heterocycles. The molecule has 0 heterocycles. The van der Waals surface area contributed by atoms with Crippen LogP contribution in [-0.4, -0.2) is 37.2 Å². The summed E-state index contributed by atoms with van der Waals surface area (Å²) < 4.78 is 16.9. The SMILES string of the molecule is CC/C=C\C/C=C\C/C=C\C/C=C\C/C=C\CCCCCCCCCCCC(=O)OCC(COC(=O)CCCCC/C=C\C/C=C\C/C=C\CC)OC(=O)CCCCCCCCCCCCCCC/C=C\CCCCCCCCCC. The summed E-state index contributed by atoms with van der Waals surface area (Å²) in [7, 11) is 0. The molecule has 0 spiro atoms. The maximum Gasteiger partial charge on any atom is 0.306 e. The number of hydrogen-bond acceptors (Lipinski definition) is 6. The molecule has 1 atom stereocenters. The number of rotatable bonds is 62. The quantitative estimate of drug-likeness (QED) is 0.0261. The number of allylic oxidation sites excluding steroid dienone is 18. The highest BCUT2D eigenvalue weighted by Crippen LogP contribution is 2.17. The predicted octanol–water partition coefficient (Wildman–Crippen LogP) is 23.8. The van der Waals surface area contributed by atoms with Gasteiger partial charge in [-0.2, -0.15) is 0 Å². The summed E-state index contributed by atoms with van der Waals surface area (Å²) in [5, 5.41) is 0. The zero-order valence-electron chi connectivity index (χ0n) is 53.3. The van der Waals surface area contributed by atoms with Crippen LogP contribution in [0.15, 0.2) is 109 Å². The Bertz CT molecular complexity index is 1620. The third-order valence-electron chi connectivity index (χ3n) is 14.7. The molecule has 6 nitrogen and oxygen atoms in total. The van der Waals surface area contributed by atoms with Crippen molar-refractivity contribution in [2.75, 3.05) is 13.2 Å². The van der Waals surface area contributed by atoms with Crippen LogP contribution in [-0.2, 0) is 28.6 Å². The van der Waals surface area contributed by atoms with Crippen LogP contribution in [0, 0.1) is 0 Å². The molecule has 0 aromatic rings. The summed E-state index contributed by atoms with van der Waals surface area (Å²) in [6.07, 6.45) is 94.0. The van der Waals surface area contributed by atoms with Crippen LogP contribution in [0.3, 0.4) is 0 Å². The Morgan fingerprint density at radius 3 is 0.778 bits per heavy atom. The van der Waals surface area contributed by atoms with E-state index in [1.807, 2.05) is 0 Å². The lowest BCUT2D eigenvalue weighted by atomic mass is 10.0. The molecule has 6 heteroatoms. The Hall–Kier alpha value is -3.93. The van der Waals surface area contributed by atoms with E-state index in [0.717, 1.165) is 122 Å². The lowest BCUT2D eigenvalue weighted by Crippen LogP contribution is -2.30. The molecule has 0 amide bonds. The van der Waals surface area contributed by atoms with Gasteiger partial charge in [-0.15, -0.1) is 0 Å². The van der Waals surface area contributed by atoms with Gasteiger partial charge in [0.05, 0.1) is 0 Å². The third kappa shape index (κ3) is 66.8. The number of carbonyl (C=O) groups is 3. The van der Waals surface area contributed by atoms with Crippen LogP contribution < -0.4 is 0 Å². The molecule has 464 valence electrons. The number of esters is 3. The van der Waals surface area contributed by atoms with Gasteiger partial charge in [-0.25, -0.2) is 0 Å². The number of carbonyl (C=O) groups excluding carboxylic acids is 3. The molecule has 0 aliphatic rings.